The zero-order valence-electron chi connectivity index (χ0n) is 21.4. The van der Waals surface area contributed by atoms with Gasteiger partial charge in [0.2, 0.25) is 0 Å². The van der Waals surface area contributed by atoms with Crippen molar-refractivity contribution in [3.8, 4) is 34.2 Å². The fraction of sp³-hybridized carbons (Fsp3) is 0.214. The summed E-state index contributed by atoms with van der Waals surface area (Å²) in [7, 11) is 0. The predicted octanol–water partition coefficient (Wildman–Crippen LogP) is 5.91. The second kappa shape index (κ2) is 10.8. The van der Waals surface area contributed by atoms with Crippen LogP contribution in [-0.2, 0) is 15.7 Å². The number of hydrogen-bond acceptors (Lipinski definition) is 7. The van der Waals surface area contributed by atoms with Crippen molar-refractivity contribution in [2.75, 3.05) is 6.61 Å². The van der Waals surface area contributed by atoms with Crippen LogP contribution in [-0.4, -0.2) is 42.3 Å². The van der Waals surface area contributed by atoms with Crippen molar-refractivity contribution in [1.82, 2.24) is 29.7 Å². The molecule has 0 saturated heterocycles. The quantitative estimate of drug-likeness (QED) is 0.184. The first-order chi connectivity index (χ1) is 19.2. The van der Waals surface area contributed by atoms with Gasteiger partial charge in [-0.15, -0.1) is 0 Å². The van der Waals surface area contributed by atoms with Gasteiger partial charge in [-0.25, -0.2) is 29.1 Å². The molecule has 0 spiro atoms. The lowest BCUT2D eigenvalue weighted by Gasteiger charge is -2.19. The molecule has 0 aliphatic carbocycles. The molecule has 0 amide bonds. The maximum atomic E-state index is 14.3. The van der Waals surface area contributed by atoms with Crippen LogP contribution >= 0.6 is 0 Å². The Morgan fingerprint density at radius 1 is 0.975 bits per heavy atom. The van der Waals surface area contributed by atoms with Gasteiger partial charge in [-0.05, 0) is 31.5 Å². The van der Waals surface area contributed by atoms with Crippen LogP contribution in [0.1, 0.15) is 36.1 Å². The third-order valence-electron chi connectivity index (χ3n) is 6.04. The van der Waals surface area contributed by atoms with Crippen LogP contribution in [0.5, 0.6) is 0 Å². The van der Waals surface area contributed by atoms with E-state index in [2.05, 4.69) is 25.0 Å². The summed E-state index contributed by atoms with van der Waals surface area (Å²) in [5, 5.41) is 4.29. The van der Waals surface area contributed by atoms with Gasteiger partial charge in [0, 0.05) is 23.5 Å². The molecule has 8 nitrogen and oxygen atoms in total. The van der Waals surface area contributed by atoms with E-state index in [0.717, 1.165) is 6.07 Å². The first-order valence-corrected chi connectivity index (χ1v) is 12.3. The number of halogens is 4. The maximum absolute atomic E-state index is 14.3. The third-order valence-corrected chi connectivity index (χ3v) is 6.04. The predicted molar refractivity (Wildman–Crippen MR) is 136 cm³/mol. The van der Waals surface area contributed by atoms with Crippen molar-refractivity contribution in [3.05, 3.63) is 89.8 Å². The lowest BCUT2D eigenvalue weighted by atomic mass is 10.0. The molecule has 0 saturated carbocycles. The number of esters is 1. The lowest BCUT2D eigenvalue weighted by Crippen LogP contribution is -2.26. The van der Waals surface area contributed by atoms with Crippen LogP contribution in [0.4, 0.5) is 17.6 Å². The summed E-state index contributed by atoms with van der Waals surface area (Å²) >= 11 is 0. The minimum Gasteiger partial charge on any atom is -0.464 e. The number of alkyl halides is 3. The van der Waals surface area contributed by atoms with Gasteiger partial charge in [0.1, 0.15) is 17.2 Å². The van der Waals surface area contributed by atoms with E-state index in [1.807, 2.05) is 6.92 Å². The van der Waals surface area contributed by atoms with Crippen molar-refractivity contribution in [1.29, 1.82) is 0 Å². The van der Waals surface area contributed by atoms with Crippen molar-refractivity contribution in [3.63, 3.8) is 0 Å². The summed E-state index contributed by atoms with van der Waals surface area (Å²) in [6, 6.07) is 8.78. The first kappa shape index (κ1) is 26.9. The molecule has 40 heavy (non-hydrogen) atoms. The summed E-state index contributed by atoms with van der Waals surface area (Å²) in [6.07, 6.45) is 1.33. The number of rotatable bonds is 7. The second-order valence-electron chi connectivity index (χ2n) is 9.01. The molecule has 12 heteroatoms. The molecule has 0 radical (unpaired) electrons. The van der Waals surface area contributed by atoms with Gasteiger partial charge < -0.3 is 4.74 Å². The van der Waals surface area contributed by atoms with Crippen LogP contribution < -0.4 is 0 Å². The Balaban J connectivity index is 1.54. The minimum absolute atomic E-state index is 0.142. The van der Waals surface area contributed by atoms with Gasteiger partial charge in [0.25, 0.3) is 0 Å². The van der Waals surface area contributed by atoms with E-state index in [1.165, 1.54) is 47.7 Å². The van der Waals surface area contributed by atoms with Gasteiger partial charge in [0.15, 0.2) is 17.7 Å². The molecule has 1 aromatic heterocycles. The third kappa shape index (κ3) is 5.37. The number of carbonyl (C=O) groups is 1. The van der Waals surface area contributed by atoms with E-state index in [9.17, 15) is 22.4 Å². The van der Waals surface area contributed by atoms with Crippen molar-refractivity contribution >= 4 is 5.97 Å². The number of imidazole rings is 1. The Kier molecular flexibility index (Phi) is 7.24. The fourth-order valence-corrected chi connectivity index (χ4v) is 4.13. The summed E-state index contributed by atoms with van der Waals surface area (Å²) in [6.45, 7) is 3.54. The highest BCUT2D eigenvalue weighted by Crippen LogP contribution is 2.37. The largest absolute Gasteiger partial charge is 0.464 e. The van der Waals surface area contributed by atoms with E-state index >= 15 is 0 Å². The van der Waals surface area contributed by atoms with E-state index in [-0.39, 0.29) is 34.9 Å². The molecule has 0 N–H and O–H groups in total. The standard InChI is InChI=1S/C28H22F4N6O2/c1-3-10-40-27(39)24(17-12-33-25(34-13-17)18-9-8-16(2)11-20(18)28(30,31)32)38-15-23-22(14-35-38)36-26(37-23)19-6-4-5-7-21(19)29/h4-9,11-15,24H,3,10H2,1-2H3. The molecular weight excluding hydrogens is 528 g/mol. The van der Waals surface area contributed by atoms with Crippen LogP contribution in [0.2, 0.25) is 0 Å². The van der Waals surface area contributed by atoms with Crippen LogP contribution in [0.25, 0.3) is 34.2 Å². The van der Waals surface area contributed by atoms with E-state index < -0.39 is 29.6 Å². The van der Waals surface area contributed by atoms with E-state index in [1.54, 1.807) is 25.1 Å². The Morgan fingerprint density at radius 2 is 1.70 bits per heavy atom. The molecule has 1 atom stereocenters. The molecular formula is C28H22F4N6O2. The van der Waals surface area contributed by atoms with E-state index in [0.29, 0.717) is 23.4 Å². The SMILES string of the molecule is CCCOC(=O)C(c1cnc(-c2ccc(C)cc2C(F)(F)F)nc1)n1cc2nc(-c3ccccc3F)nc-2cn1. The smallest absolute Gasteiger partial charge is 0.417 e. The van der Waals surface area contributed by atoms with Crippen molar-refractivity contribution < 1.29 is 27.1 Å². The zero-order valence-corrected chi connectivity index (χ0v) is 21.4. The van der Waals surface area contributed by atoms with Gasteiger partial charge in [-0.1, -0.05) is 36.8 Å². The Labute approximate surface area is 226 Å². The Morgan fingerprint density at radius 3 is 2.40 bits per heavy atom. The number of carbonyl (C=O) groups excluding carboxylic acids is 1. The van der Waals surface area contributed by atoms with Crippen LogP contribution in [0, 0.1) is 12.7 Å². The highest BCUT2D eigenvalue weighted by atomic mass is 19.4. The van der Waals surface area contributed by atoms with Gasteiger partial charge in [-0.3, -0.25) is 4.68 Å². The fourth-order valence-electron chi connectivity index (χ4n) is 4.13. The number of fused-ring (bicyclic) bond motifs is 1. The summed E-state index contributed by atoms with van der Waals surface area (Å²) in [5.41, 5.74) is 0.557. The number of nitrogens with zero attached hydrogens (tertiary/aromatic N) is 6. The normalized spacial score (nSPS) is 12.4. The summed E-state index contributed by atoms with van der Waals surface area (Å²) < 4.78 is 61.9. The average Bonchev–Trinajstić information content (AvgIpc) is 3.35. The maximum Gasteiger partial charge on any atom is 0.417 e. The highest BCUT2D eigenvalue weighted by molar-refractivity contribution is 5.78. The van der Waals surface area contributed by atoms with Gasteiger partial charge >= 0.3 is 12.1 Å². The molecule has 3 heterocycles. The first-order valence-electron chi connectivity index (χ1n) is 12.3. The average molecular weight is 551 g/mol. The number of hydrogen-bond donors (Lipinski definition) is 0. The topological polar surface area (TPSA) is 95.7 Å². The van der Waals surface area contributed by atoms with Gasteiger partial charge in [-0.2, -0.15) is 18.3 Å². The van der Waals surface area contributed by atoms with E-state index in [4.69, 9.17) is 4.74 Å². The number of ether oxygens (including phenoxy) is 1. The van der Waals surface area contributed by atoms with Crippen LogP contribution in [0.15, 0.2) is 67.3 Å². The summed E-state index contributed by atoms with van der Waals surface area (Å²) in [4.78, 5) is 30.1. The highest BCUT2D eigenvalue weighted by Gasteiger charge is 2.35. The molecule has 0 fully saturated rings. The molecule has 0 bridgehead atoms. The molecule has 3 aromatic rings. The summed E-state index contributed by atoms with van der Waals surface area (Å²) in [5.74, 6) is -1.15. The molecule has 1 unspecified atom stereocenters. The second-order valence-corrected chi connectivity index (χ2v) is 9.01. The number of aromatic nitrogens is 6. The van der Waals surface area contributed by atoms with Crippen molar-refractivity contribution in [2.24, 2.45) is 0 Å². The number of benzene rings is 2. The zero-order chi connectivity index (χ0) is 28.4. The molecule has 2 aliphatic heterocycles. The Bertz CT molecular complexity index is 1630. The minimum atomic E-state index is -4.60. The lowest BCUT2D eigenvalue weighted by molar-refractivity contribution is -0.146. The molecule has 5 rings (SSSR count). The number of aryl methyl sites for hydroxylation is 1. The molecule has 204 valence electrons. The molecule has 2 aromatic carbocycles. The van der Waals surface area contributed by atoms with Crippen molar-refractivity contribution in [2.45, 2.75) is 32.5 Å². The monoisotopic (exact) mass is 550 g/mol. The molecule has 2 aliphatic rings. The van der Waals surface area contributed by atoms with Crippen LogP contribution in [0.3, 0.4) is 0 Å². The Hall–Kier alpha value is -4.74. The van der Waals surface area contributed by atoms with Gasteiger partial charge in [0.05, 0.1) is 30.1 Å².